The Morgan fingerprint density at radius 1 is 0.881 bits per heavy atom. The van der Waals surface area contributed by atoms with Crippen molar-refractivity contribution in [1.29, 1.82) is 0 Å². The highest BCUT2D eigenvalue weighted by Gasteiger charge is 2.13. The first kappa shape index (κ1) is 28.3. The Bertz CT molecular complexity index is 1680. The van der Waals surface area contributed by atoms with Gasteiger partial charge in [-0.1, -0.05) is 35.9 Å². The van der Waals surface area contributed by atoms with E-state index in [2.05, 4.69) is 47.1 Å². The van der Waals surface area contributed by atoms with E-state index in [0.717, 1.165) is 16.8 Å². The van der Waals surface area contributed by atoms with Crippen molar-refractivity contribution in [3.05, 3.63) is 131 Å². The van der Waals surface area contributed by atoms with Gasteiger partial charge in [-0.3, -0.25) is 4.79 Å². The van der Waals surface area contributed by atoms with Gasteiger partial charge in [-0.15, -0.1) is 0 Å². The smallest absolute Gasteiger partial charge is 0.307 e. The third-order valence-corrected chi connectivity index (χ3v) is 6.70. The van der Waals surface area contributed by atoms with Crippen molar-refractivity contribution in [2.75, 3.05) is 7.11 Å². The molecule has 1 N–H and O–H groups in total. The number of aryl methyl sites for hydroxylation is 3. The fourth-order valence-corrected chi connectivity index (χ4v) is 4.62. The van der Waals surface area contributed by atoms with Crippen molar-refractivity contribution in [3.63, 3.8) is 0 Å². The van der Waals surface area contributed by atoms with Crippen LogP contribution in [0.2, 0.25) is 0 Å². The number of furan rings is 1. The van der Waals surface area contributed by atoms with Gasteiger partial charge in [-0.2, -0.15) is 5.10 Å². The van der Waals surface area contributed by atoms with Crippen LogP contribution in [0.3, 0.4) is 0 Å². The molecule has 5 aromatic rings. The summed E-state index contributed by atoms with van der Waals surface area (Å²) in [6, 6.07) is 28.9. The minimum absolute atomic E-state index is 0.126. The van der Waals surface area contributed by atoms with E-state index in [4.69, 9.17) is 18.6 Å². The molecule has 214 valence electrons. The standard InChI is InChI=1S/C34H33N3O5/c1-23-7-5-8-26(19-23)21-41-33-27(9-6-10-31(33)39-4)20-35-36-34(38)32-18-17-30(42-32)22-40-29-15-13-28(14-16-29)37-24(2)11-12-25(37)3/h5-20H,21-22H2,1-4H3,(H,36,38). The molecule has 5 rings (SSSR count). The number of ether oxygens (including phenoxy) is 3. The Kier molecular flexibility index (Phi) is 8.72. The van der Waals surface area contributed by atoms with Crippen molar-refractivity contribution in [2.45, 2.75) is 34.0 Å². The lowest BCUT2D eigenvalue weighted by Crippen LogP contribution is -2.17. The first-order chi connectivity index (χ1) is 20.4. The van der Waals surface area contributed by atoms with Crippen molar-refractivity contribution >= 4 is 12.1 Å². The SMILES string of the molecule is COc1cccc(C=NNC(=O)c2ccc(COc3ccc(-n4c(C)ccc4C)cc3)o2)c1OCc1cccc(C)c1. The maximum atomic E-state index is 12.7. The molecule has 0 atom stereocenters. The largest absolute Gasteiger partial charge is 0.493 e. The zero-order valence-electron chi connectivity index (χ0n) is 24.1. The van der Waals surface area contributed by atoms with E-state index in [9.17, 15) is 4.79 Å². The molecule has 0 saturated heterocycles. The number of aromatic nitrogens is 1. The molecular formula is C34H33N3O5. The Morgan fingerprint density at radius 3 is 2.38 bits per heavy atom. The van der Waals surface area contributed by atoms with Gasteiger partial charge in [0.25, 0.3) is 0 Å². The van der Waals surface area contributed by atoms with Crippen LogP contribution in [0.1, 0.15) is 44.4 Å². The van der Waals surface area contributed by atoms with Gasteiger partial charge in [-0.05, 0) is 87.0 Å². The van der Waals surface area contributed by atoms with Gasteiger partial charge in [0.15, 0.2) is 17.3 Å². The molecule has 42 heavy (non-hydrogen) atoms. The third kappa shape index (κ3) is 6.72. The number of carbonyl (C=O) groups excluding carboxylic acids is 1. The summed E-state index contributed by atoms with van der Waals surface area (Å²) in [5.41, 5.74) is 8.76. The second-order valence-corrected chi connectivity index (χ2v) is 9.86. The van der Waals surface area contributed by atoms with Crippen LogP contribution in [-0.2, 0) is 13.2 Å². The second kappa shape index (κ2) is 13.0. The summed E-state index contributed by atoms with van der Waals surface area (Å²) in [7, 11) is 1.58. The Morgan fingerprint density at radius 2 is 1.64 bits per heavy atom. The number of nitrogens with one attached hydrogen (secondary N) is 1. The molecule has 0 unspecified atom stereocenters. The van der Waals surface area contributed by atoms with Crippen LogP contribution < -0.4 is 19.6 Å². The highest BCUT2D eigenvalue weighted by atomic mass is 16.5. The van der Waals surface area contributed by atoms with Gasteiger partial charge in [0, 0.05) is 22.6 Å². The van der Waals surface area contributed by atoms with E-state index in [1.165, 1.54) is 17.6 Å². The monoisotopic (exact) mass is 563 g/mol. The van der Waals surface area contributed by atoms with Crippen molar-refractivity contribution in [1.82, 2.24) is 9.99 Å². The maximum Gasteiger partial charge on any atom is 0.307 e. The molecular weight excluding hydrogens is 530 g/mol. The molecule has 0 aliphatic rings. The highest BCUT2D eigenvalue weighted by molar-refractivity contribution is 5.93. The Balaban J connectivity index is 1.17. The van der Waals surface area contributed by atoms with E-state index in [0.29, 0.717) is 35.2 Å². The number of hydrazone groups is 1. The molecule has 2 aromatic heterocycles. The minimum atomic E-state index is -0.482. The molecule has 0 fully saturated rings. The predicted molar refractivity (Wildman–Crippen MR) is 162 cm³/mol. The van der Waals surface area contributed by atoms with Crippen LogP contribution in [0.4, 0.5) is 0 Å². The topological polar surface area (TPSA) is 87.2 Å². The zero-order valence-corrected chi connectivity index (χ0v) is 24.1. The molecule has 0 radical (unpaired) electrons. The van der Waals surface area contributed by atoms with E-state index < -0.39 is 5.91 Å². The number of methoxy groups -OCH3 is 1. The number of benzene rings is 3. The number of para-hydroxylation sites is 1. The van der Waals surface area contributed by atoms with E-state index in [1.807, 2.05) is 67.6 Å². The fraction of sp³-hybridized carbons (Fsp3) is 0.176. The third-order valence-electron chi connectivity index (χ3n) is 6.70. The van der Waals surface area contributed by atoms with Crippen LogP contribution in [0, 0.1) is 20.8 Å². The van der Waals surface area contributed by atoms with Crippen LogP contribution >= 0.6 is 0 Å². The predicted octanol–water partition coefficient (Wildman–Crippen LogP) is 6.93. The molecule has 8 heteroatoms. The normalized spacial score (nSPS) is 11.0. The average molecular weight is 564 g/mol. The number of hydrogen-bond donors (Lipinski definition) is 1. The summed E-state index contributed by atoms with van der Waals surface area (Å²) in [5, 5.41) is 4.11. The molecule has 0 aliphatic carbocycles. The van der Waals surface area contributed by atoms with Gasteiger partial charge in [0.2, 0.25) is 0 Å². The summed E-state index contributed by atoms with van der Waals surface area (Å²) in [6.45, 7) is 6.73. The summed E-state index contributed by atoms with van der Waals surface area (Å²) < 4.78 is 25.3. The molecule has 0 saturated carbocycles. The summed E-state index contributed by atoms with van der Waals surface area (Å²) in [4.78, 5) is 12.7. The lowest BCUT2D eigenvalue weighted by molar-refractivity contribution is 0.0923. The van der Waals surface area contributed by atoms with Crippen LogP contribution in [0.5, 0.6) is 17.2 Å². The maximum absolute atomic E-state index is 12.7. The lowest BCUT2D eigenvalue weighted by atomic mass is 10.1. The van der Waals surface area contributed by atoms with Gasteiger partial charge < -0.3 is 23.2 Å². The lowest BCUT2D eigenvalue weighted by Gasteiger charge is -2.13. The van der Waals surface area contributed by atoms with Crippen molar-refractivity contribution < 1.29 is 23.4 Å². The Hall–Kier alpha value is -5.24. The fourth-order valence-electron chi connectivity index (χ4n) is 4.62. The molecule has 0 bridgehead atoms. The molecule has 0 spiro atoms. The average Bonchev–Trinajstić information content (AvgIpc) is 3.61. The van der Waals surface area contributed by atoms with Crippen molar-refractivity contribution in [3.8, 4) is 22.9 Å². The number of nitrogens with zero attached hydrogens (tertiary/aromatic N) is 2. The van der Waals surface area contributed by atoms with E-state index >= 15 is 0 Å². The number of hydrogen-bond acceptors (Lipinski definition) is 6. The minimum Gasteiger partial charge on any atom is -0.493 e. The summed E-state index contributed by atoms with van der Waals surface area (Å²) in [6.07, 6.45) is 1.51. The summed E-state index contributed by atoms with van der Waals surface area (Å²) in [5.74, 6) is 1.96. The van der Waals surface area contributed by atoms with E-state index in [-0.39, 0.29) is 12.4 Å². The van der Waals surface area contributed by atoms with E-state index in [1.54, 1.807) is 19.2 Å². The van der Waals surface area contributed by atoms with Gasteiger partial charge in [0.05, 0.1) is 13.3 Å². The zero-order chi connectivity index (χ0) is 29.5. The number of amides is 1. The van der Waals surface area contributed by atoms with Gasteiger partial charge in [-0.25, -0.2) is 5.43 Å². The quantitative estimate of drug-likeness (QED) is 0.139. The molecule has 8 nitrogen and oxygen atoms in total. The Labute approximate surface area is 245 Å². The van der Waals surface area contributed by atoms with Gasteiger partial charge in [0.1, 0.15) is 24.7 Å². The first-order valence-corrected chi connectivity index (χ1v) is 13.6. The molecule has 3 aromatic carbocycles. The first-order valence-electron chi connectivity index (χ1n) is 13.6. The van der Waals surface area contributed by atoms with Crippen LogP contribution in [0.15, 0.2) is 101 Å². The van der Waals surface area contributed by atoms with Crippen LogP contribution in [-0.4, -0.2) is 23.8 Å². The molecule has 0 aliphatic heterocycles. The second-order valence-electron chi connectivity index (χ2n) is 9.86. The highest BCUT2D eigenvalue weighted by Crippen LogP contribution is 2.31. The van der Waals surface area contributed by atoms with Crippen molar-refractivity contribution in [2.24, 2.45) is 5.10 Å². The number of rotatable bonds is 11. The molecule has 1 amide bonds. The molecule has 2 heterocycles. The number of carbonyl (C=O) groups is 1. The summed E-state index contributed by atoms with van der Waals surface area (Å²) >= 11 is 0. The van der Waals surface area contributed by atoms with Gasteiger partial charge >= 0.3 is 5.91 Å². The van der Waals surface area contributed by atoms with Crippen LogP contribution in [0.25, 0.3) is 5.69 Å².